The Morgan fingerprint density at radius 3 is 2.45 bits per heavy atom. The molecule has 1 unspecified atom stereocenters. The predicted octanol–water partition coefficient (Wildman–Crippen LogP) is 0.346. The third-order valence-electron chi connectivity index (χ3n) is 2.47. The van der Waals surface area contributed by atoms with Gasteiger partial charge in [-0.05, 0) is 19.3 Å². The second-order valence-electron chi connectivity index (χ2n) is 3.16. The van der Waals surface area contributed by atoms with Crippen LogP contribution in [0.2, 0.25) is 0 Å². The molecule has 64 valence electrons. The zero-order chi connectivity index (χ0) is 8.32. The quantitative estimate of drug-likeness (QED) is 0.600. The molecule has 1 aliphatic rings. The summed E-state index contributed by atoms with van der Waals surface area (Å²) in [4.78, 5) is 12.7. The molecule has 0 aromatic carbocycles. The fourth-order valence-electron chi connectivity index (χ4n) is 1.51. The van der Waals surface area contributed by atoms with Crippen LogP contribution in [0.4, 0.5) is 0 Å². The van der Waals surface area contributed by atoms with Crippen LogP contribution in [0.3, 0.4) is 0 Å². The molecule has 1 rings (SSSR count). The zero-order valence-corrected chi connectivity index (χ0v) is 7.05. The number of rotatable bonds is 3. The highest BCUT2D eigenvalue weighted by atomic mass is 16.1. The average Bonchev–Trinajstić information content (AvgIpc) is 2.55. The van der Waals surface area contributed by atoms with Crippen LogP contribution in [0.15, 0.2) is 0 Å². The number of carbonyl (C=O) groups excluding carboxylic acids is 1. The van der Waals surface area contributed by atoms with E-state index in [9.17, 15) is 4.79 Å². The maximum Gasteiger partial charge on any atom is 0.154 e. The Morgan fingerprint density at radius 1 is 1.55 bits per heavy atom. The van der Waals surface area contributed by atoms with Crippen molar-refractivity contribution in [3.05, 3.63) is 0 Å². The van der Waals surface area contributed by atoms with Gasteiger partial charge in [0.05, 0.1) is 0 Å². The van der Waals surface area contributed by atoms with Gasteiger partial charge >= 0.3 is 0 Å². The van der Waals surface area contributed by atoms with Crippen LogP contribution in [0.25, 0.3) is 0 Å². The van der Waals surface area contributed by atoms with Gasteiger partial charge in [0.15, 0.2) is 6.29 Å². The van der Waals surface area contributed by atoms with E-state index < -0.39 is 5.66 Å². The van der Waals surface area contributed by atoms with Gasteiger partial charge in [-0.25, -0.2) is 0 Å². The highest BCUT2D eigenvalue weighted by Crippen LogP contribution is 2.17. The van der Waals surface area contributed by atoms with Crippen LogP contribution in [-0.4, -0.2) is 29.9 Å². The number of nitrogens with two attached hydrogens (primary N) is 1. The largest absolute Gasteiger partial charge is 0.307 e. The van der Waals surface area contributed by atoms with E-state index in [4.69, 9.17) is 5.73 Å². The van der Waals surface area contributed by atoms with Gasteiger partial charge < -0.3 is 5.73 Å². The number of nitrogens with zero attached hydrogens (tertiary/aromatic N) is 1. The number of carbonyl (C=O) groups is 1. The minimum atomic E-state index is -0.684. The zero-order valence-electron chi connectivity index (χ0n) is 7.05. The van der Waals surface area contributed by atoms with Crippen LogP contribution < -0.4 is 5.73 Å². The summed E-state index contributed by atoms with van der Waals surface area (Å²) < 4.78 is 0. The van der Waals surface area contributed by atoms with Crippen molar-refractivity contribution in [2.45, 2.75) is 31.8 Å². The molecule has 1 atom stereocenters. The number of likely N-dealkylation sites (tertiary alicyclic amines) is 1. The van der Waals surface area contributed by atoms with Gasteiger partial charge in [-0.3, -0.25) is 9.69 Å². The maximum atomic E-state index is 10.7. The van der Waals surface area contributed by atoms with Crippen LogP contribution in [0.5, 0.6) is 0 Å². The molecule has 0 amide bonds. The van der Waals surface area contributed by atoms with Crippen molar-refractivity contribution in [1.82, 2.24) is 4.90 Å². The number of aldehydes is 1. The average molecular weight is 156 g/mol. The summed E-state index contributed by atoms with van der Waals surface area (Å²) in [6.45, 7) is 3.90. The normalized spacial score (nSPS) is 24.9. The molecule has 0 aliphatic carbocycles. The summed E-state index contributed by atoms with van der Waals surface area (Å²) in [5.74, 6) is 0. The topological polar surface area (TPSA) is 46.3 Å². The van der Waals surface area contributed by atoms with Crippen molar-refractivity contribution in [3.63, 3.8) is 0 Å². The number of hydrogen-bond donors (Lipinski definition) is 1. The minimum Gasteiger partial charge on any atom is -0.307 e. The second kappa shape index (κ2) is 3.32. The first kappa shape index (κ1) is 8.68. The van der Waals surface area contributed by atoms with Crippen molar-refractivity contribution in [2.75, 3.05) is 13.1 Å². The Labute approximate surface area is 67.5 Å². The van der Waals surface area contributed by atoms with Crippen molar-refractivity contribution in [1.29, 1.82) is 0 Å². The molecule has 0 aromatic rings. The van der Waals surface area contributed by atoms with Gasteiger partial charge in [-0.1, -0.05) is 6.92 Å². The molecule has 1 fully saturated rings. The van der Waals surface area contributed by atoms with E-state index in [1.165, 1.54) is 12.8 Å². The molecule has 0 spiro atoms. The lowest BCUT2D eigenvalue weighted by molar-refractivity contribution is -0.118. The lowest BCUT2D eigenvalue weighted by atomic mass is 10.1. The molecule has 1 heterocycles. The highest BCUT2D eigenvalue weighted by Gasteiger charge is 2.31. The summed E-state index contributed by atoms with van der Waals surface area (Å²) in [6.07, 6.45) is 3.92. The van der Waals surface area contributed by atoms with E-state index >= 15 is 0 Å². The van der Waals surface area contributed by atoms with Gasteiger partial charge in [0.2, 0.25) is 0 Å². The Bertz CT molecular complexity index is 143. The van der Waals surface area contributed by atoms with Gasteiger partial charge in [-0.2, -0.15) is 0 Å². The number of hydrogen-bond acceptors (Lipinski definition) is 3. The molecule has 0 radical (unpaired) electrons. The van der Waals surface area contributed by atoms with E-state index in [1.54, 1.807) is 0 Å². The van der Waals surface area contributed by atoms with Crippen molar-refractivity contribution in [3.8, 4) is 0 Å². The van der Waals surface area contributed by atoms with Crippen LogP contribution >= 0.6 is 0 Å². The Hall–Kier alpha value is -0.410. The molecular formula is C8H16N2O. The Kier molecular flexibility index (Phi) is 2.62. The van der Waals surface area contributed by atoms with E-state index in [-0.39, 0.29) is 0 Å². The summed E-state index contributed by atoms with van der Waals surface area (Å²) in [7, 11) is 0. The summed E-state index contributed by atoms with van der Waals surface area (Å²) in [5.41, 5.74) is 5.18. The smallest absolute Gasteiger partial charge is 0.154 e. The third kappa shape index (κ3) is 1.60. The minimum absolute atomic E-state index is 0.684. The standard InChI is InChI=1S/C8H16N2O/c1-2-8(9,7-11)10-5-3-4-6-10/h7H,2-6,9H2,1H3. The van der Waals surface area contributed by atoms with Gasteiger partial charge in [-0.15, -0.1) is 0 Å². The molecule has 2 N–H and O–H groups in total. The van der Waals surface area contributed by atoms with E-state index in [2.05, 4.69) is 4.90 Å². The fourth-order valence-corrected chi connectivity index (χ4v) is 1.51. The molecule has 3 heteroatoms. The van der Waals surface area contributed by atoms with Crippen molar-refractivity contribution in [2.24, 2.45) is 5.73 Å². The van der Waals surface area contributed by atoms with Gasteiger partial charge in [0, 0.05) is 13.1 Å². The monoisotopic (exact) mass is 156 g/mol. The first-order valence-electron chi connectivity index (χ1n) is 4.23. The van der Waals surface area contributed by atoms with Crippen molar-refractivity contribution >= 4 is 6.29 Å². The summed E-state index contributed by atoms with van der Waals surface area (Å²) >= 11 is 0. The highest BCUT2D eigenvalue weighted by molar-refractivity contribution is 5.62. The van der Waals surface area contributed by atoms with E-state index in [0.29, 0.717) is 6.42 Å². The molecule has 1 aliphatic heterocycles. The predicted molar refractivity (Wildman–Crippen MR) is 44.1 cm³/mol. The van der Waals surface area contributed by atoms with Crippen molar-refractivity contribution < 1.29 is 4.79 Å². The van der Waals surface area contributed by atoms with E-state index in [1.807, 2.05) is 6.92 Å². The molecule has 0 bridgehead atoms. The van der Waals surface area contributed by atoms with Crippen LogP contribution in [0, 0.1) is 0 Å². The Balaban J connectivity index is 2.59. The first-order chi connectivity index (χ1) is 5.23. The molecule has 1 saturated heterocycles. The molecular weight excluding hydrogens is 140 g/mol. The lowest BCUT2D eigenvalue weighted by Gasteiger charge is -2.32. The Morgan fingerprint density at radius 2 is 2.09 bits per heavy atom. The second-order valence-corrected chi connectivity index (χ2v) is 3.16. The molecule has 11 heavy (non-hydrogen) atoms. The molecule has 0 saturated carbocycles. The van der Waals surface area contributed by atoms with E-state index in [0.717, 1.165) is 19.4 Å². The molecule has 3 nitrogen and oxygen atoms in total. The fraction of sp³-hybridized carbons (Fsp3) is 0.875. The SMILES string of the molecule is CCC(N)(C=O)N1CCCC1. The summed E-state index contributed by atoms with van der Waals surface area (Å²) in [6, 6.07) is 0. The van der Waals surface area contributed by atoms with Crippen LogP contribution in [-0.2, 0) is 4.79 Å². The van der Waals surface area contributed by atoms with Gasteiger partial charge in [0.25, 0.3) is 0 Å². The maximum absolute atomic E-state index is 10.7. The van der Waals surface area contributed by atoms with Crippen LogP contribution in [0.1, 0.15) is 26.2 Å². The lowest BCUT2D eigenvalue weighted by Crippen LogP contribution is -2.55. The first-order valence-corrected chi connectivity index (χ1v) is 4.23. The molecule has 0 aromatic heterocycles. The third-order valence-corrected chi connectivity index (χ3v) is 2.47. The van der Waals surface area contributed by atoms with Gasteiger partial charge in [0.1, 0.15) is 5.66 Å². The summed E-state index contributed by atoms with van der Waals surface area (Å²) in [5, 5.41) is 0.